The van der Waals surface area contributed by atoms with Crippen molar-refractivity contribution in [2.24, 2.45) is 0 Å². The van der Waals surface area contributed by atoms with Gasteiger partial charge >= 0.3 is 0 Å². The van der Waals surface area contributed by atoms with Gasteiger partial charge in [0.05, 0.1) is 12.6 Å². The van der Waals surface area contributed by atoms with E-state index in [9.17, 15) is 9.59 Å². The minimum Gasteiger partial charge on any atom is -0.352 e. The second kappa shape index (κ2) is 6.59. The smallest absolute Gasteiger partial charge is 0.239 e. The van der Waals surface area contributed by atoms with Gasteiger partial charge in [-0.05, 0) is 33.2 Å². The first-order valence-electron chi connectivity index (χ1n) is 6.28. The van der Waals surface area contributed by atoms with E-state index >= 15 is 0 Å². The van der Waals surface area contributed by atoms with Gasteiger partial charge < -0.3 is 15.5 Å². The van der Waals surface area contributed by atoms with Crippen LogP contribution in [-0.4, -0.2) is 48.9 Å². The molecule has 1 heterocycles. The third-order valence-corrected chi connectivity index (χ3v) is 2.82. The Morgan fingerprint density at radius 2 is 2.12 bits per heavy atom. The molecule has 0 aliphatic carbocycles. The highest BCUT2D eigenvalue weighted by Crippen LogP contribution is 2.08. The molecule has 1 fully saturated rings. The van der Waals surface area contributed by atoms with Crippen molar-refractivity contribution in [3.05, 3.63) is 0 Å². The van der Waals surface area contributed by atoms with Crippen molar-refractivity contribution < 1.29 is 9.59 Å². The normalized spacial score (nSPS) is 20.1. The van der Waals surface area contributed by atoms with Gasteiger partial charge in [0.1, 0.15) is 0 Å². The summed E-state index contributed by atoms with van der Waals surface area (Å²) in [6.07, 6.45) is 3.08. The fraction of sp³-hybridized carbons (Fsp3) is 0.833. The van der Waals surface area contributed by atoms with Crippen LogP contribution in [0.4, 0.5) is 0 Å². The summed E-state index contributed by atoms with van der Waals surface area (Å²) in [5, 5.41) is 5.97. The highest BCUT2D eigenvalue weighted by Gasteiger charge is 2.24. The number of hydrogen-bond acceptors (Lipinski definition) is 3. The molecule has 1 atom stereocenters. The summed E-state index contributed by atoms with van der Waals surface area (Å²) in [4.78, 5) is 25.0. The maximum absolute atomic E-state index is 12.0. The van der Waals surface area contributed by atoms with Gasteiger partial charge in [-0.2, -0.15) is 0 Å². The van der Waals surface area contributed by atoms with E-state index < -0.39 is 0 Å². The second-order valence-corrected chi connectivity index (χ2v) is 4.92. The molecule has 0 aromatic heterocycles. The standard InChI is InChI=1S/C12H23N3O2/c1-9(2)14-11(16)8-15(3)12(17)10-6-4-5-7-13-10/h9-10,13H,4-8H2,1-3H3,(H,14,16)/t10-/m1/s1. The van der Waals surface area contributed by atoms with Crippen LogP contribution in [0.3, 0.4) is 0 Å². The molecule has 0 saturated carbocycles. The molecule has 1 aliphatic rings. The lowest BCUT2D eigenvalue weighted by Gasteiger charge is -2.27. The Bertz CT molecular complexity index is 273. The average Bonchev–Trinajstić information content (AvgIpc) is 2.28. The number of carbonyl (C=O) groups excluding carboxylic acids is 2. The Kier molecular flexibility index (Phi) is 5.41. The first kappa shape index (κ1) is 14.0. The highest BCUT2D eigenvalue weighted by molar-refractivity contribution is 5.87. The first-order valence-corrected chi connectivity index (χ1v) is 6.28. The van der Waals surface area contributed by atoms with Gasteiger partial charge in [-0.1, -0.05) is 6.42 Å². The van der Waals surface area contributed by atoms with Gasteiger partial charge in [-0.15, -0.1) is 0 Å². The van der Waals surface area contributed by atoms with E-state index in [1.54, 1.807) is 7.05 Å². The Morgan fingerprint density at radius 3 is 2.65 bits per heavy atom. The third kappa shape index (κ3) is 4.73. The van der Waals surface area contributed by atoms with Gasteiger partial charge in [0.25, 0.3) is 0 Å². The number of carbonyl (C=O) groups is 2. The van der Waals surface area contributed by atoms with Crippen molar-refractivity contribution >= 4 is 11.8 Å². The molecule has 0 aromatic rings. The van der Waals surface area contributed by atoms with Crippen LogP contribution < -0.4 is 10.6 Å². The summed E-state index contributed by atoms with van der Waals surface area (Å²) in [5.41, 5.74) is 0. The van der Waals surface area contributed by atoms with Crippen LogP contribution in [0.5, 0.6) is 0 Å². The largest absolute Gasteiger partial charge is 0.352 e. The van der Waals surface area contributed by atoms with Crippen LogP contribution in [0, 0.1) is 0 Å². The second-order valence-electron chi connectivity index (χ2n) is 4.92. The first-order chi connectivity index (χ1) is 8.00. The van der Waals surface area contributed by atoms with E-state index in [1.807, 2.05) is 13.8 Å². The third-order valence-electron chi connectivity index (χ3n) is 2.82. The van der Waals surface area contributed by atoms with Crippen LogP contribution >= 0.6 is 0 Å². The molecule has 1 saturated heterocycles. The zero-order valence-corrected chi connectivity index (χ0v) is 11.0. The minimum absolute atomic E-state index is 0.0172. The number of nitrogens with zero attached hydrogens (tertiary/aromatic N) is 1. The zero-order valence-electron chi connectivity index (χ0n) is 11.0. The quantitative estimate of drug-likeness (QED) is 0.734. The molecule has 0 unspecified atom stereocenters. The molecular weight excluding hydrogens is 218 g/mol. The molecule has 1 rings (SSSR count). The summed E-state index contributed by atoms with van der Waals surface area (Å²) >= 11 is 0. The van der Waals surface area contributed by atoms with Gasteiger partial charge in [-0.25, -0.2) is 0 Å². The van der Waals surface area contributed by atoms with Crippen LogP contribution in [0.2, 0.25) is 0 Å². The maximum Gasteiger partial charge on any atom is 0.239 e. The van der Waals surface area contributed by atoms with Crippen LogP contribution in [0.15, 0.2) is 0 Å². The monoisotopic (exact) mass is 241 g/mol. The summed E-state index contributed by atoms with van der Waals surface area (Å²) in [7, 11) is 1.68. The van der Waals surface area contributed by atoms with Crippen molar-refractivity contribution in [3.8, 4) is 0 Å². The molecular formula is C12H23N3O2. The lowest BCUT2D eigenvalue weighted by Crippen LogP contribution is -2.50. The van der Waals surface area contributed by atoms with E-state index in [0.29, 0.717) is 0 Å². The SMILES string of the molecule is CC(C)NC(=O)CN(C)C(=O)[C@H]1CCCCN1. The summed E-state index contributed by atoms with van der Waals surface area (Å²) < 4.78 is 0. The average molecular weight is 241 g/mol. The highest BCUT2D eigenvalue weighted by atomic mass is 16.2. The summed E-state index contributed by atoms with van der Waals surface area (Å²) in [6.45, 7) is 4.84. The number of piperidine rings is 1. The van der Waals surface area contributed by atoms with E-state index in [4.69, 9.17) is 0 Å². The molecule has 0 radical (unpaired) electrons. The van der Waals surface area contributed by atoms with Crippen molar-refractivity contribution in [2.75, 3.05) is 20.1 Å². The van der Waals surface area contributed by atoms with Crippen molar-refractivity contribution in [1.29, 1.82) is 0 Å². The molecule has 5 heteroatoms. The van der Waals surface area contributed by atoms with E-state index in [2.05, 4.69) is 10.6 Å². The van der Waals surface area contributed by atoms with Gasteiger partial charge in [0, 0.05) is 13.1 Å². The van der Waals surface area contributed by atoms with E-state index in [-0.39, 0.29) is 30.4 Å². The van der Waals surface area contributed by atoms with Crippen molar-refractivity contribution in [2.45, 2.75) is 45.2 Å². The summed E-state index contributed by atoms with van der Waals surface area (Å²) in [5.74, 6) is -0.0877. The molecule has 0 aromatic carbocycles. The zero-order chi connectivity index (χ0) is 12.8. The minimum atomic E-state index is -0.111. The van der Waals surface area contributed by atoms with Crippen molar-refractivity contribution in [1.82, 2.24) is 15.5 Å². The Hall–Kier alpha value is -1.10. The summed E-state index contributed by atoms with van der Waals surface area (Å²) in [6, 6.07) is -0.000549. The molecule has 2 N–H and O–H groups in total. The van der Waals surface area contributed by atoms with E-state index in [0.717, 1.165) is 25.8 Å². The molecule has 0 spiro atoms. The fourth-order valence-corrected chi connectivity index (χ4v) is 1.99. The Labute approximate surface area is 103 Å². The number of likely N-dealkylation sites (N-methyl/N-ethyl adjacent to an activating group) is 1. The van der Waals surface area contributed by atoms with Gasteiger partial charge in [-0.3, -0.25) is 9.59 Å². The fourth-order valence-electron chi connectivity index (χ4n) is 1.99. The maximum atomic E-state index is 12.0. The van der Waals surface area contributed by atoms with Crippen LogP contribution in [0.25, 0.3) is 0 Å². The molecule has 98 valence electrons. The number of nitrogens with one attached hydrogen (secondary N) is 2. The number of rotatable bonds is 4. The predicted molar refractivity (Wildman–Crippen MR) is 66.6 cm³/mol. The van der Waals surface area contributed by atoms with Gasteiger partial charge in [0.15, 0.2) is 0 Å². The topological polar surface area (TPSA) is 61.4 Å². The molecule has 2 amide bonds. The molecule has 1 aliphatic heterocycles. The Morgan fingerprint density at radius 1 is 1.41 bits per heavy atom. The van der Waals surface area contributed by atoms with Gasteiger partial charge in [0.2, 0.25) is 11.8 Å². The van der Waals surface area contributed by atoms with Crippen molar-refractivity contribution in [3.63, 3.8) is 0 Å². The molecule has 0 bridgehead atoms. The van der Waals surface area contributed by atoms with E-state index in [1.165, 1.54) is 4.90 Å². The van der Waals surface area contributed by atoms with Crippen LogP contribution in [-0.2, 0) is 9.59 Å². The molecule has 17 heavy (non-hydrogen) atoms. The molecule has 5 nitrogen and oxygen atoms in total. The number of hydrogen-bond donors (Lipinski definition) is 2. The lowest BCUT2D eigenvalue weighted by molar-refractivity contribution is -0.137. The lowest BCUT2D eigenvalue weighted by atomic mass is 10.0. The number of amides is 2. The predicted octanol–water partition coefficient (Wildman–Crippen LogP) is 0.112. The Balaban J connectivity index is 2.37. The van der Waals surface area contributed by atoms with Crippen LogP contribution in [0.1, 0.15) is 33.1 Å².